The normalized spacial score (nSPS) is 17.0. The molecule has 1 atom stereocenters. The van der Waals surface area contributed by atoms with Crippen LogP contribution in [0.5, 0.6) is 11.5 Å². The van der Waals surface area contributed by atoms with E-state index in [0.29, 0.717) is 33.3 Å². The molecule has 7 heteroatoms. The Morgan fingerprint density at radius 1 is 0.946 bits per heavy atom. The van der Waals surface area contributed by atoms with Gasteiger partial charge in [-0.15, -0.1) is 0 Å². The topological polar surface area (TPSA) is 76.1 Å². The molecule has 0 bridgehead atoms. The first-order valence-corrected chi connectivity index (χ1v) is 12.4. The number of anilines is 1. The molecule has 0 aliphatic carbocycles. The van der Waals surface area contributed by atoms with Gasteiger partial charge < -0.3 is 14.6 Å². The molecule has 1 saturated heterocycles. The van der Waals surface area contributed by atoms with Crippen LogP contribution in [0.1, 0.15) is 53.6 Å². The van der Waals surface area contributed by atoms with E-state index in [1.165, 1.54) is 4.90 Å². The Morgan fingerprint density at radius 3 is 2.19 bits per heavy atom. The molecule has 192 valence electrons. The number of amides is 1. The van der Waals surface area contributed by atoms with Crippen molar-refractivity contribution in [2.75, 3.05) is 19.1 Å². The molecule has 1 N–H and O–H groups in total. The van der Waals surface area contributed by atoms with Gasteiger partial charge >= 0.3 is 0 Å². The van der Waals surface area contributed by atoms with Gasteiger partial charge in [0.05, 0.1) is 25.8 Å². The highest BCUT2D eigenvalue weighted by Crippen LogP contribution is 2.44. The van der Waals surface area contributed by atoms with Crippen LogP contribution in [0.4, 0.5) is 5.69 Å². The monoisotopic (exact) mass is 519 g/mol. The van der Waals surface area contributed by atoms with Crippen LogP contribution in [0, 0.1) is 13.8 Å². The number of nitrogens with zero attached hydrogens (tertiary/aromatic N) is 1. The molecular formula is C30H30ClNO5. The maximum Gasteiger partial charge on any atom is 0.300 e. The van der Waals surface area contributed by atoms with Crippen molar-refractivity contribution in [3.05, 3.63) is 93.0 Å². The lowest BCUT2D eigenvalue weighted by atomic mass is 9.91. The minimum atomic E-state index is -0.867. The Morgan fingerprint density at radius 2 is 1.62 bits per heavy atom. The van der Waals surface area contributed by atoms with E-state index in [2.05, 4.69) is 0 Å². The predicted molar refractivity (Wildman–Crippen MR) is 146 cm³/mol. The molecule has 1 heterocycles. The number of ketones is 1. The lowest BCUT2D eigenvalue weighted by Crippen LogP contribution is -2.29. The van der Waals surface area contributed by atoms with Crippen LogP contribution < -0.4 is 14.4 Å². The predicted octanol–water partition coefficient (Wildman–Crippen LogP) is 6.72. The van der Waals surface area contributed by atoms with Crippen molar-refractivity contribution in [2.24, 2.45) is 0 Å². The van der Waals surface area contributed by atoms with Crippen molar-refractivity contribution < 1.29 is 24.2 Å². The van der Waals surface area contributed by atoms with E-state index >= 15 is 0 Å². The van der Waals surface area contributed by atoms with Crippen LogP contribution in [0.3, 0.4) is 0 Å². The fourth-order valence-electron chi connectivity index (χ4n) is 4.66. The third-order valence-electron chi connectivity index (χ3n) is 6.76. The lowest BCUT2D eigenvalue weighted by Gasteiger charge is -2.26. The third kappa shape index (κ3) is 4.69. The van der Waals surface area contributed by atoms with Crippen LogP contribution >= 0.6 is 11.6 Å². The number of methoxy groups -OCH3 is 2. The summed E-state index contributed by atoms with van der Waals surface area (Å²) in [5, 5.41) is 12.1. The van der Waals surface area contributed by atoms with Crippen molar-refractivity contribution in [1.82, 2.24) is 0 Å². The summed E-state index contributed by atoms with van der Waals surface area (Å²) in [4.78, 5) is 28.4. The minimum absolute atomic E-state index is 0.00911. The van der Waals surface area contributed by atoms with Gasteiger partial charge in [0.15, 0.2) is 0 Å². The molecule has 1 aliphatic heterocycles. The third-order valence-corrected chi connectivity index (χ3v) is 7.17. The Kier molecular flexibility index (Phi) is 7.32. The molecule has 1 unspecified atom stereocenters. The Hall–Kier alpha value is -3.77. The quantitative estimate of drug-likeness (QED) is 0.222. The first-order chi connectivity index (χ1) is 17.6. The zero-order valence-corrected chi connectivity index (χ0v) is 22.5. The molecule has 0 saturated carbocycles. The number of carbonyl (C=O) groups excluding carboxylic acids is 2. The number of hydrogen-bond donors (Lipinski definition) is 1. The van der Waals surface area contributed by atoms with E-state index in [1.807, 2.05) is 39.8 Å². The molecule has 0 aromatic heterocycles. The standard InChI is InChI=1S/C30H30ClNO5/c1-16(2)22-15-23(18(4)13-25(22)37-6)28(33)26-27(19-8-11-21(36-5)12-9-19)32(30(35)29(26)34)20-10-7-17(3)24(31)14-20/h7-16,27,33H,1-6H3/b28-26+. The molecule has 1 fully saturated rings. The molecular weight excluding hydrogens is 490 g/mol. The largest absolute Gasteiger partial charge is 0.507 e. The molecule has 3 aromatic rings. The van der Waals surface area contributed by atoms with Crippen LogP contribution in [0.2, 0.25) is 5.02 Å². The maximum atomic E-state index is 13.5. The SMILES string of the molecule is COc1ccc(C2/C(=C(\O)c3cc(C(C)C)c(OC)cc3C)C(=O)C(=O)N2c2ccc(C)c(Cl)c2)cc1. The van der Waals surface area contributed by atoms with E-state index in [1.54, 1.807) is 56.7 Å². The van der Waals surface area contributed by atoms with Gasteiger partial charge in [-0.05, 0) is 78.4 Å². The second kappa shape index (κ2) is 10.3. The number of rotatable bonds is 6. The second-order valence-electron chi connectivity index (χ2n) is 9.44. The fourth-order valence-corrected chi connectivity index (χ4v) is 4.83. The summed E-state index contributed by atoms with van der Waals surface area (Å²) >= 11 is 6.39. The number of hydrogen-bond acceptors (Lipinski definition) is 5. The number of aliphatic hydroxyl groups excluding tert-OH is 1. The van der Waals surface area contributed by atoms with E-state index in [-0.39, 0.29) is 17.3 Å². The van der Waals surface area contributed by atoms with E-state index in [9.17, 15) is 14.7 Å². The summed E-state index contributed by atoms with van der Waals surface area (Å²) < 4.78 is 10.8. The van der Waals surface area contributed by atoms with Gasteiger partial charge in [0.1, 0.15) is 17.3 Å². The van der Waals surface area contributed by atoms with Gasteiger partial charge in [0.2, 0.25) is 0 Å². The Bertz CT molecular complexity index is 1410. The van der Waals surface area contributed by atoms with Gasteiger partial charge in [-0.2, -0.15) is 0 Å². The molecule has 0 spiro atoms. The van der Waals surface area contributed by atoms with Crippen molar-refractivity contribution in [1.29, 1.82) is 0 Å². The van der Waals surface area contributed by atoms with Gasteiger partial charge in [-0.25, -0.2) is 0 Å². The number of Topliss-reactive ketones (excluding diaryl/α,β-unsaturated/α-hetero) is 1. The fraction of sp³-hybridized carbons (Fsp3) is 0.267. The van der Waals surface area contributed by atoms with Crippen molar-refractivity contribution in [3.8, 4) is 11.5 Å². The van der Waals surface area contributed by atoms with Gasteiger partial charge in [-0.3, -0.25) is 14.5 Å². The molecule has 6 nitrogen and oxygen atoms in total. The average Bonchev–Trinajstić information content (AvgIpc) is 3.15. The number of aryl methyl sites for hydroxylation is 2. The molecule has 1 amide bonds. The van der Waals surface area contributed by atoms with Gasteiger partial charge in [0, 0.05) is 16.3 Å². The number of benzene rings is 3. The van der Waals surface area contributed by atoms with Crippen molar-refractivity contribution in [2.45, 2.75) is 39.7 Å². The first kappa shape index (κ1) is 26.3. The highest BCUT2D eigenvalue weighted by Gasteiger charge is 2.47. The Balaban J connectivity index is 1.99. The summed E-state index contributed by atoms with van der Waals surface area (Å²) in [6.45, 7) is 7.74. The second-order valence-corrected chi connectivity index (χ2v) is 9.85. The van der Waals surface area contributed by atoms with Crippen LogP contribution in [-0.4, -0.2) is 31.0 Å². The average molecular weight is 520 g/mol. The zero-order chi connectivity index (χ0) is 27.0. The summed E-state index contributed by atoms with van der Waals surface area (Å²) in [7, 11) is 3.16. The van der Waals surface area contributed by atoms with Crippen LogP contribution in [-0.2, 0) is 9.59 Å². The van der Waals surface area contributed by atoms with E-state index in [0.717, 1.165) is 16.7 Å². The number of halogens is 1. The molecule has 4 rings (SSSR count). The van der Waals surface area contributed by atoms with Crippen LogP contribution in [0.25, 0.3) is 5.76 Å². The maximum absolute atomic E-state index is 13.5. The van der Waals surface area contributed by atoms with Crippen molar-refractivity contribution in [3.63, 3.8) is 0 Å². The molecule has 3 aromatic carbocycles. The summed E-state index contributed by atoms with van der Waals surface area (Å²) in [6, 6.07) is 15.1. The lowest BCUT2D eigenvalue weighted by molar-refractivity contribution is -0.132. The Labute approximate surface area is 222 Å². The van der Waals surface area contributed by atoms with Gasteiger partial charge in [-0.1, -0.05) is 43.6 Å². The van der Waals surface area contributed by atoms with Crippen LogP contribution in [0.15, 0.2) is 60.2 Å². The summed E-state index contributed by atoms with van der Waals surface area (Å²) in [5.41, 5.74) is 4.04. The number of ether oxygens (including phenoxy) is 2. The smallest absolute Gasteiger partial charge is 0.300 e. The first-order valence-electron chi connectivity index (χ1n) is 12.0. The summed E-state index contributed by atoms with van der Waals surface area (Å²) in [6.07, 6.45) is 0. The zero-order valence-electron chi connectivity index (χ0n) is 21.8. The van der Waals surface area contributed by atoms with Gasteiger partial charge in [0.25, 0.3) is 11.7 Å². The van der Waals surface area contributed by atoms with E-state index in [4.69, 9.17) is 21.1 Å². The van der Waals surface area contributed by atoms with E-state index < -0.39 is 17.7 Å². The summed E-state index contributed by atoms with van der Waals surface area (Å²) in [5.74, 6) is -0.301. The molecule has 0 radical (unpaired) electrons. The molecule has 1 aliphatic rings. The molecule has 37 heavy (non-hydrogen) atoms. The minimum Gasteiger partial charge on any atom is -0.507 e. The number of aliphatic hydroxyl groups is 1. The highest BCUT2D eigenvalue weighted by atomic mass is 35.5. The number of carbonyl (C=O) groups is 2. The van der Waals surface area contributed by atoms with Crippen molar-refractivity contribution >= 4 is 34.7 Å². The highest BCUT2D eigenvalue weighted by molar-refractivity contribution is 6.51.